The Kier molecular flexibility index (Phi) is 15.4. The maximum atomic E-state index is 13.1. The molecule has 4 aromatic rings. The average molecular weight is 1050 g/mol. The molecule has 2 aromatic carbocycles. The summed E-state index contributed by atoms with van der Waals surface area (Å²) < 4.78 is 85.0. The average Bonchev–Trinajstić information content (AvgIpc) is 3.80. The van der Waals surface area contributed by atoms with Gasteiger partial charge in [0.2, 0.25) is 17.2 Å². The highest BCUT2D eigenvalue weighted by Gasteiger charge is 2.50. The number of nitrogens with one attached hydrogen (secondary N) is 2. The minimum Gasteiger partial charge on any atom is -0.748 e. The molecule has 0 saturated carbocycles. The van der Waals surface area contributed by atoms with Crippen molar-refractivity contribution in [3.63, 3.8) is 0 Å². The number of hydrogen-bond donors (Lipinski definition) is 8. The fraction of sp³-hybridized carbons (Fsp3) is 0.535. The molecule has 2 aromatic heterocycles. The first-order valence-electron chi connectivity index (χ1n) is 23.2. The second-order valence-corrected chi connectivity index (χ2v) is 22.1. The van der Waals surface area contributed by atoms with Gasteiger partial charge in [-0.3, -0.25) is 18.4 Å². The molecule has 4 aliphatic heterocycles. The van der Waals surface area contributed by atoms with E-state index in [0.717, 1.165) is 44.0 Å². The lowest BCUT2D eigenvalue weighted by Crippen LogP contribution is -2.46. The molecule has 25 nitrogen and oxygen atoms in total. The number of hydrogen-bond acceptors (Lipinski definition) is 18. The van der Waals surface area contributed by atoms with Gasteiger partial charge in [0, 0.05) is 55.4 Å². The molecule has 0 bridgehead atoms. The Hall–Kier alpha value is -4.95. The van der Waals surface area contributed by atoms with Crippen molar-refractivity contribution in [2.24, 2.45) is 4.99 Å². The van der Waals surface area contributed by atoms with Gasteiger partial charge < -0.3 is 60.0 Å². The first kappa shape index (κ1) is 52.4. The summed E-state index contributed by atoms with van der Waals surface area (Å²) in [6.45, 7) is 8.13. The van der Waals surface area contributed by atoms with Gasteiger partial charge in [-0.25, -0.2) is 42.1 Å². The van der Waals surface area contributed by atoms with Crippen LogP contribution in [0.25, 0.3) is 16.7 Å². The number of rotatable bonds is 21. The van der Waals surface area contributed by atoms with E-state index in [9.17, 15) is 51.6 Å². The summed E-state index contributed by atoms with van der Waals surface area (Å²) in [5.74, 6) is 0.331. The van der Waals surface area contributed by atoms with Gasteiger partial charge in [0.25, 0.3) is 0 Å². The molecule has 8 rings (SSSR count). The van der Waals surface area contributed by atoms with Gasteiger partial charge in [-0.2, -0.15) is 0 Å². The van der Waals surface area contributed by atoms with Crippen LogP contribution in [-0.4, -0.2) is 132 Å². The maximum absolute atomic E-state index is 13.1. The van der Waals surface area contributed by atoms with Crippen LogP contribution in [0.3, 0.4) is 0 Å². The number of aryl methyl sites for hydroxylation is 1. The quantitative estimate of drug-likeness (QED) is 0.0225. The molecule has 386 valence electrons. The number of aliphatic hydroxyl groups excluding tert-OH is 1. The Morgan fingerprint density at radius 2 is 1.80 bits per heavy atom. The number of nitrogen functional groups attached to an aromatic ring is 1. The number of benzene rings is 2. The molecule has 0 unspecified atom stereocenters. The number of phosphoric ester groups is 2. The number of carbonyl (C=O) groups is 1. The Balaban J connectivity index is 0.854. The van der Waals surface area contributed by atoms with E-state index in [1.54, 1.807) is 12.1 Å². The van der Waals surface area contributed by atoms with Gasteiger partial charge in [-0.15, -0.1) is 0 Å². The van der Waals surface area contributed by atoms with Gasteiger partial charge in [0.15, 0.2) is 34.7 Å². The normalized spacial score (nSPS) is 20.6. The number of fused-ring (bicyclic) bond motifs is 5. The zero-order chi connectivity index (χ0) is 51.0. The Labute approximate surface area is 408 Å². The van der Waals surface area contributed by atoms with Crippen LogP contribution >= 0.6 is 15.6 Å². The summed E-state index contributed by atoms with van der Waals surface area (Å²) in [5, 5.41) is 18.8. The third kappa shape index (κ3) is 12.3. The Bertz CT molecular complexity index is 3070. The topological polar surface area (TPSA) is 359 Å². The molecule has 28 heteroatoms. The van der Waals surface area contributed by atoms with Crippen molar-refractivity contribution in [2.75, 3.05) is 61.0 Å². The van der Waals surface area contributed by atoms with Gasteiger partial charge in [-0.05, 0) is 64.2 Å². The number of anilines is 3. The number of carbonyl (C=O) groups excluding carboxylic acids is 1. The molecule has 0 aliphatic carbocycles. The molecule has 0 spiro atoms. The Morgan fingerprint density at radius 3 is 2.52 bits per heavy atom. The summed E-state index contributed by atoms with van der Waals surface area (Å²) in [6.07, 6.45) is 1.65. The zero-order valence-electron chi connectivity index (χ0n) is 39.2. The van der Waals surface area contributed by atoms with Crippen molar-refractivity contribution >= 4 is 71.5 Å². The summed E-state index contributed by atoms with van der Waals surface area (Å²) in [5.41, 5.74) is 8.81. The summed E-state index contributed by atoms with van der Waals surface area (Å²) >= 11 is 0. The largest absolute Gasteiger partial charge is 0.748 e. The minimum absolute atomic E-state index is 0.0349. The van der Waals surface area contributed by atoms with Crippen LogP contribution in [0.4, 0.5) is 23.1 Å². The lowest BCUT2D eigenvalue weighted by molar-refractivity contribution is -0.121. The highest BCUT2D eigenvalue weighted by molar-refractivity contribution is 7.86. The second kappa shape index (κ2) is 20.9. The van der Waals surface area contributed by atoms with Gasteiger partial charge in [0.1, 0.15) is 48.8 Å². The fourth-order valence-electron chi connectivity index (χ4n) is 9.56. The van der Waals surface area contributed by atoms with Crippen LogP contribution < -0.4 is 41.3 Å². The number of aromatic nitrogens is 4. The van der Waals surface area contributed by atoms with Crippen LogP contribution in [0.5, 0.6) is 11.5 Å². The van der Waals surface area contributed by atoms with E-state index in [1.807, 2.05) is 26.0 Å². The van der Waals surface area contributed by atoms with E-state index >= 15 is 0 Å². The lowest BCUT2D eigenvalue weighted by Gasteiger charge is -2.44. The highest BCUT2D eigenvalue weighted by atomic mass is 32.2. The van der Waals surface area contributed by atoms with E-state index in [2.05, 4.69) is 52.6 Å². The van der Waals surface area contributed by atoms with E-state index in [-0.39, 0.29) is 35.3 Å². The van der Waals surface area contributed by atoms with Crippen molar-refractivity contribution < 1.29 is 70.1 Å². The number of nitrogens with zero attached hydrogens (tertiary/aromatic N) is 7. The van der Waals surface area contributed by atoms with Crippen molar-refractivity contribution in [1.82, 2.24) is 29.4 Å². The number of nitrogens with two attached hydrogens (primary N) is 1. The van der Waals surface area contributed by atoms with Crippen LogP contribution in [0.1, 0.15) is 83.1 Å². The maximum Gasteiger partial charge on any atom is 0.470 e. The molecule has 1 saturated heterocycles. The van der Waals surface area contributed by atoms with E-state index in [0.29, 0.717) is 84.7 Å². The van der Waals surface area contributed by atoms with Crippen LogP contribution in [0.2, 0.25) is 0 Å². The third-order valence-electron chi connectivity index (χ3n) is 12.7. The van der Waals surface area contributed by atoms with Crippen LogP contribution in [0.15, 0.2) is 41.7 Å². The first-order chi connectivity index (χ1) is 33.5. The number of unbranched alkanes of at least 4 members (excludes halogenated alkanes) is 3. The molecule has 4 aliphatic rings. The molecule has 4 atom stereocenters. The summed E-state index contributed by atoms with van der Waals surface area (Å²) in [7, 11) is -14.9. The fourth-order valence-corrected chi connectivity index (χ4v) is 11.1. The SMILES string of the molecule is CC[N+]1=c2cc3c(cc2CCC1)=Nc1cc2c(cc1O3)N(CCCC(=O)NCCCCCCNc1nc3c(N)ncnc3n1[C@@H]1O[C@H](COP(=O)(O)O)[C@@H](O)[C@H]1OP(=O)(O)O)C(C)(C)C=C2CS(=O)(=O)[O-]. The van der Waals surface area contributed by atoms with Crippen LogP contribution in [0, 0.1) is 0 Å². The zero-order valence-corrected chi connectivity index (χ0v) is 41.8. The van der Waals surface area contributed by atoms with Crippen molar-refractivity contribution in [1.29, 1.82) is 0 Å². The van der Waals surface area contributed by atoms with Crippen molar-refractivity contribution in [3.05, 3.63) is 58.5 Å². The summed E-state index contributed by atoms with van der Waals surface area (Å²) in [4.78, 5) is 70.4. The first-order valence-corrected chi connectivity index (χ1v) is 27.8. The standard InChI is InChI=1S/C43H58N10O15P2S/c1-4-51-15-9-11-25-17-28-32(19-30(25)51)66-33-20-31-27(18-29(33)49-28)26(23-71(62,63)64)21-43(2,3)52(31)16-10-12-35(54)45-13-7-5-6-8-14-46-42-50-36-39(44)47-24-48-40(36)53(42)41-38(68-70(59,60)61)37(55)34(67-41)22-65-69(56,57)58/h17-21,24,34,37-38,41,44,49,55H,4-16,22-23H2,1-3H3,(H6,45,54,56,57,58,59,60,61,62,63,64)/t34-,37-,38-,41-/m1/s1. The number of amides is 1. The lowest BCUT2D eigenvalue weighted by atomic mass is 9.88. The van der Waals surface area contributed by atoms with Gasteiger partial charge >= 0.3 is 15.6 Å². The molecule has 71 heavy (non-hydrogen) atoms. The predicted octanol–water partition coefficient (Wildman–Crippen LogP) is 1.86. The molecule has 1 fully saturated rings. The summed E-state index contributed by atoms with van der Waals surface area (Å²) in [6, 6.07) is 7.71. The number of imidazole rings is 1. The monoisotopic (exact) mass is 1050 g/mol. The highest BCUT2D eigenvalue weighted by Crippen LogP contribution is 2.49. The number of phosphoric acid groups is 2. The third-order valence-corrected chi connectivity index (χ3v) is 14.4. The Morgan fingerprint density at radius 1 is 1.04 bits per heavy atom. The minimum atomic E-state index is -5.26. The van der Waals surface area contributed by atoms with Crippen molar-refractivity contribution in [3.8, 4) is 11.5 Å². The molecule has 6 heterocycles. The number of aliphatic hydroxyl groups is 1. The smallest absolute Gasteiger partial charge is 0.470 e. The molecule has 1 amide bonds. The molecule has 9 N–H and O–H groups in total. The van der Waals surface area contributed by atoms with Gasteiger partial charge in [-0.1, -0.05) is 18.9 Å². The van der Waals surface area contributed by atoms with Crippen LogP contribution in [-0.2, 0) is 44.2 Å². The van der Waals surface area contributed by atoms with Gasteiger partial charge in [0.05, 0.1) is 34.1 Å². The van der Waals surface area contributed by atoms with E-state index in [1.165, 1.54) is 10.1 Å². The van der Waals surface area contributed by atoms with E-state index < -0.39 is 68.2 Å². The second-order valence-electron chi connectivity index (χ2n) is 18.3. The number of ether oxygens (including phenoxy) is 2. The predicted molar refractivity (Wildman–Crippen MR) is 256 cm³/mol. The van der Waals surface area contributed by atoms with Crippen molar-refractivity contribution in [2.45, 2.75) is 102 Å². The van der Waals surface area contributed by atoms with E-state index in [4.69, 9.17) is 24.7 Å². The molecule has 0 radical (unpaired) electrons. The molecular weight excluding hydrogens is 991 g/mol. The molecular formula is C43H58N10O15P2S.